The number of carbonyl (C=O) groups excluding carboxylic acids is 1. The fraction of sp³-hybridized carbons (Fsp3) is 0.444. The summed E-state index contributed by atoms with van der Waals surface area (Å²) in [5, 5.41) is 32.8. The number of aliphatic hydroxyl groups excluding tert-OH is 3. The van der Waals surface area contributed by atoms with Gasteiger partial charge in [-0.05, 0) is 11.4 Å². The van der Waals surface area contributed by atoms with E-state index in [0.717, 1.165) is 0 Å². The summed E-state index contributed by atoms with van der Waals surface area (Å²) in [6.07, 6.45) is 0. The van der Waals surface area contributed by atoms with Crippen LogP contribution in [0.4, 0.5) is 0 Å². The van der Waals surface area contributed by atoms with Crippen LogP contribution >= 0.6 is 11.3 Å². The van der Waals surface area contributed by atoms with Crippen LogP contribution in [-0.4, -0.2) is 46.6 Å². The Morgan fingerprint density at radius 3 is 2.33 bits per heavy atom. The summed E-state index contributed by atoms with van der Waals surface area (Å²) < 4.78 is 0. The number of rotatable bonds is 5. The smallest absolute Gasteiger partial charge is 0.252 e. The summed E-state index contributed by atoms with van der Waals surface area (Å²) in [5.74, 6) is -0.423. The monoisotopic (exact) mass is 231 g/mol. The summed E-state index contributed by atoms with van der Waals surface area (Å²) >= 11 is 1.37. The van der Waals surface area contributed by atoms with E-state index >= 15 is 0 Å². The topological polar surface area (TPSA) is 89.8 Å². The van der Waals surface area contributed by atoms with Gasteiger partial charge in [0.1, 0.15) is 5.54 Å². The van der Waals surface area contributed by atoms with Gasteiger partial charge in [-0.1, -0.05) is 0 Å². The van der Waals surface area contributed by atoms with Crippen molar-refractivity contribution in [3.8, 4) is 0 Å². The highest BCUT2D eigenvalue weighted by molar-refractivity contribution is 7.08. The molecule has 1 rings (SSSR count). The third-order valence-electron chi connectivity index (χ3n) is 2.07. The molecule has 0 aliphatic heterocycles. The van der Waals surface area contributed by atoms with Gasteiger partial charge in [-0.3, -0.25) is 4.79 Å². The number of aliphatic hydroxyl groups is 3. The second-order valence-electron chi connectivity index (χ2n) is 3.22. The minimum Gasteiger partial charge on any atom is -0.394 e. The van der Waals surface area contributed by atoms with Crippen molar-refractivity contribution >= 4 is 17.2 Å². The van der Waals surface area contributed by atoms with Crippen LogP contribution in [0.25, 0.3) is 0 Å². The van der Waals surface area contributed by atoms with E-state index in [1.54, 1.807) is 16.8 Å². The highest BCUT2D eigenvalue weighted by Gasteiger charge is 2.30. The predicted octanol–water partition coefficient (Wildman–Crippen LogP) is -0.806. The average Bonchev–Trinajstić information content (AvgIpc) is 2.79. The Morgan fingerprint density at radius 2 is 1.93 bits per heavy atom. The zero-order valence-electron chi connectivity index (χ0n) is 8.01. The van der Waals surface area contributed by atoms with Crippen LogP contribution in [0.15, 0.2) is 16.8 Å². The maximum absolute atomic E-state index is 11.6. The number of thiophene rings is 1. The van der Waals surface area contributed by atoms with E-state index in [9.17, 15) is 4.79 Å². The van der Waals surface area contributed by atoms with Gasteiger partial charge in [0.05, 0.1) is 25.4 Å². The maximum Gasteiger partial charge on any atom is 0.252 e. The molecule has 0 aromatic carbocycles. The normalized spacial score (nSPS) is 11.4. The first-order chi connectivity index (χ1) is 7.17. The molecule has 6 heteroatoms. The van der Waals surface area contributed by atoms with E-state index in [1.165, 1.54) is 11.3 Å². The summed E-state index contributed by atoms with van der Waals surface area (Å²) in [7, 11) is 0. The number of nitrogens with one attached hydrogen (secondary N) is 1. The first kappa shape index (κ1) is 12.1. The number of hydrogen-bond donors (Lipinski definition) is 4. The van der Waals surface area contributed by atoms with E-state index in [1.807, 2.05) is 0 Å². The molecule has 0 bridgehead atoms. The Labute approximate surface area is 91.0 Å². The fourth-order valence-electron chi connectivity index (χ4n) is 0.975. The molecular weight excluding hydrogens is 218 g/mol. The maximum atomic E-state index is 11.6. The molecule has 0 radical (unpaired) electrons. The molecule has 0 aliphatic carbocycles. The SMILES string of the molecule is O=C(NC(CO)(CO)CO)c1ccsc1. The summed E-state index contributed by atoms with van der Waals surface area (Å²) in [6.45, 7) is -1.55. The van der Waals surface area contributed by atoms with Gasteiger partial charge in [0, 0.05) is 5.38 Å². The van der Waals surface area contributed by atoms with E-state index in [2.05, 4.69) is 5.32 Å². The molecule has 0 aliphatic rings. The number of amides is 1. The lowest BCUT2D eigenvalue weighted by Crippen LogP contribution is -2.56. The molecule has 1 aromatic heterocycles. The molecule has 84 valence electrons. The average molecular weight is 231 g/mol. The molecular formula is C9H13NO4S. The van der Waals surface area contributed by atoms with Crippen LogP contribution in [-0.2, 0) is 0 Å². The van der Waals surface area contributed by atoms with Crippen molar-refractivity contribution in [1.82, 2.24) is 5.32 Å². The van der Waals surface area contributed by atoms with Gasteiger partial charge in [-0.2, -0.15) is 11.3 Å². The predicted molar refractivity (Wildman–Crippen MR) is 55.8 cm³/mol. The fourth-order valence-corrected chi connectivity index (χ4v) is 1.61. The highest BCUT2D eigenvalue weighted by atomic mass is 32.1. The molecule has 0 fully saturated rings. The van der Waals surface area contributed by atoms with Crippen molar-refractivity contribution in [3.63, 3.8) is 0 Å². The van der Waals surface area contributed by atoms with Crippen LogP contribution in [0.1, 0.15) is 10.4 Å². The van der Waals surface area contributed by atoms with Crippen molar-refractivity contribution in [3.05, 3.63) is 22.4 Å². The third kappa shape index (κ3) is 2.75. The molecule has 0 atom stereocenters. The third-order valence-corrected chi connectivity index (χ3v) is 2.75. The van der Waals surface area contributed by atoms with Crippen molar-refractivity contribution in [2.75, 3.05) is 19.8 Å². The minimum atomic E-state index is -1.36. The van der Waals surface area contributed by atoms with Crippen LogP contribution < -0.4 is 5.32 Å². The van der Waals surface area contributed by atoms with Gasteiger partial charge in [0.15, 0.2) is 0 Å². The van der Waals surface area contributed by atoms with Crippen molar-refractivity contribution in [1.29, 1.82) is 0 Å². The lowest BCUT2D eigenvalue weighted by Gasteiger charge is -2.28. The Morgan fingerprint density at radius 1 is 1.33 bits per heavy atom. The molecule has 1 heterocycles. The largest absolute Gasteiger partial charge is 0.394 e. The molecule has 1 aromatic rings. The molecule has 0 unspecified atom stereocenters. The molecule has 0 saturated heterocycles. The van der Waals surface area contributed by atoms with E-state index < -0.39 is 31.3 Å². The van der Waals surface area contributed by atoms with Crippen LogP contribution in [0.5, 0.6) is 0 Å². The number of hydrogen-bond acceptors (Lipinski definition) is 5. The molecule has 15 heavy (non-hydrogen) atoms. The quantitative estimate of drug-likeness (QED) is 0.534. The van der Waals surface area contributed by atoms with Gasteiger partial charge < -0.3 is 20.6 Å². The zero-order chi connectivity index (χ0) is 11.3. The van der Waals surface area contributed by atoms with E-state index in [-0.39, 0.29) is 0 Å². The lowest BCUT2D eigenvalue weighted by atomic mass is 10.0. The van der Waals surface area contributed by atoms with Crippen LogP contribution in [0.2, 0.25) is 0 Å². The minimum absolute atomic E-state index is 0.423. The van der Waals surface area contributed by atoms with Crippen LogP contribution in [0, 0.1) is 0 Å². The highest BCUT2D eigenvalue weighted by Crippen LogP contribution is 2.09. The Bertz CT molecular complexity index is 300. The van der Waals surface area contributed by atoms with E-state index in [4.69, 9.17) is 15.3 Å². The first-order valence-electron chi connectivity index (χ1n) is 4.35. The molecule has 5 nitrogen and oxygen atoms in total. The summed E-state index contributed by atoms with van der Waals surface area (Å²) in [5.41, 5.74) is -0.918. The summed E-state index contributed by atoms with van der Waals surface area (Å²) in [4.78, 5) is 11.6. The summed E-state index contributed by atoms with van der Waals surface area (Å²) in [6, 6.07) is 1.62. The van der Waals surface area contributed by atoms with Gasteiger partial charge in [-0.15, -0.1) is 0 Å². The molecule has 4 N–H and O–H groups in total. The Balaban J connectivity index is 2.71. The molecule has 0 saturated carbocycles. The zero-order valence-corrected chi connectivity index (χ0v) is 8.83. The number of carbonyl (C=O) groups is 1. The van der Waals surface area contributed by atoms with Gasteiger partial charge in [0.25, 0.3) is 5.91 Å². The Kier molecular flexibility index (Phi) is 4.22. The standard InChI is InChI=1S/C9H13NO4S/c11-4-9(5-12,6-13)10-8(14)7-1-2-15-3-7/h1-3,11-13H,4-6H2,(H,10,14). The second-order valence-corrected chi connectivity index (χ2v) is 4.00. The molecule has 0 spiro atoms. The van der Waals surface area contributed by atoms with Gasteiger partial charge in [0.2, 0.25) is 0 Å². The molecule has 1 amide bonds. The Hall–Kier alpha value is -0.950. The van der Waals surface area contributed by atoms with Crippen molar-refractivity contribution in [2.45, 2.75) is 5.54 Å². The lowest BCUT2D eigenvalue weighted by molar-refractivity contribution is 0.0375. The van der Waals surface area contributed by atoms with Gasteiger partial charge in [-0.25, -0.2) is 0 Å². The van der Waals surface area contributed by atoms with Crippen molar-refractivity contribution in [2.24, 2.45) is 0 Å². The van der Waals surface area contributed by atoms with Crippen LogP contribution in [0.3, 0.4) is 0 Å². The van der Waals surface area contributed by atoms with Crippen molar-refractivity contribution < 1.29 is 20.1 Å². The van der Waals surface area contributed by atoms with Gasteiger partial charge >= 0.3 is 0 Å². The first-order valence-corrected chi connectivity index (χ1v) is 5.29. The van der Waals surface area contributed by atoms with E-state index in [0.29, 0.717) is 5.56 Å². The second kappa shape index (κ2) is 5.22.